The van der Waals surface area contributed by atoms with Crippen LogP contribution in [0.15, 0.2) is 5.16 Å². The number of thioether (sulfide) groups is 1. The molecule has 2 N–H and O–H groups in total. The van der Waals surface area contributed by atoms with E-state index in [2.05, 4.69) is 10.2 Å². The topological polar surface area (TPSA) is 77.0 Å². The molecule has 0 bridgehead atoms. The molecule has 0 unspecified atom stereocenters. The van der Waals surface area contributed by atoms with Crippen LogP contribution < -0.4 is 5.84 Å². The number of alkyl halides is 3. The van der Waals surface area contributed by atoms with E-state index in [-0.39, 0.29) is 16.8 Å². The van der Waals surface area contributed by atoms with Crippen LogP contribution in [0.4, 0.5) is 13.2 Å². The second-order valence-corrected chi connectivity index (χ2v) is 7.34. The van der Waals surface area contributed by atoms with Gasteiger partial charge in [0.15, 0.2) is 0 Å². The van der Waals surface area contributed by atoms with Gasteiger partial charge in [0.25, 0.3) is 5.82 Å². The van der Waals surface area contributed by atoms with Crippen molar-refractivity contribution in [1.29, 1.82) is 0 Å². The Morgan fingerprint density at radius 3 is 2.58 bits per heavy atom. The maximum absolute atomic E-state index is 12.6. The Balaban J connectivity index is 1.55. The SMILES string of the molecule is Nn1c(SCC(=O)N2CC[C@@H]3CCCC[C@@H]3C2)nnc1C(F)(F)F. The lowest BCUT2D eigenvalue weighted by atomic mass is 9.75. The zero-order chi connectivity index (χ0) is 17.3. The van der Waals surface area contributed by atoms with Gasteiger partial charge in [-0.2, -0.15) is 13.2 Å². The van der Waals surface area contributed by atoms with Gasteiger partial charge in [0, 0.05) is 13.1 Å². The quantitative estimate of drug-likeness (QED) is 0.658. The number of rotatable bonds is 3. The highest BCUT2D eigenvalue weighted by Gasteiger charge is 2.38. The van der Waals surface area contributed by atoms with Crippen molar-refractivity contribution in [2.45, 2.75) is 43.4 Å². The Kier molecular flexibility index (Phi) is 4.93. The zero-order valence-electron chi connectivity index (χ0n) is 13.1. The Labute approximate surface area is 141 Å². The molecule has 2 aliphatic rings. The molecule has 1 aliphatic carbocycles. The number of amides is 1. The summed E-state index contributed by atoms with van der Waals surface area (Å²) in [4.78, 5) is 14.2. The predicted octanol–water partition coefficient (Wildman–Crippen LogP) is 2.14. The van der Waals surface area contributed by atoms with Crippen molar-refractivity contribution in [3.8, 4) is 0 Å². The fourth-order valence-electron chi connectivity index (χ4n) is 3.61. The number of carbonyl (C=O) groups excluding carboxylic acids is 1. The van der Waals surface area contributed by atoms with Gasteiger partial charge in [-0.15, -0.1) is 10.2 Å². The Morgan fingerprint density at radius 1 is 1.21 bits per heavy atom. The van der Waals surface area contributed by atoms with Crippen LogP contribution in [0.25, 0.3) is 0 Å². The molecule has 0 aromatic carbocycles. The number of halogens is 3. The van der Waals surface area contributed by atoms with Gasteiger partial charge in [-0.1, -0.05) is 31.0 Å². The van der Waals surface area contributed by atoms with Crippen molar-refractivity contribution in [2.75, 3.05) is 24.7 Å². The third-order valence-electron chi connectivity index (χ3n) is 4.89. The van der Waals surface area contributed by atoms with Crippen molar-refractivity contribution < 1.29 is 18.0 Å². The average molecular weight is 363 g/mol. The van der Waals surface area contributed by atoms with Crippen LogP contribution >= 0.6 is 11.8 Å². The molecular weight excluding hydrogens is 343 g/mol. The minimum Gasteiger partial charge on any atom is -0.342 e. The van der Waals surface area contributed by atoms with Gasteiger partial charge in [0.2, 0.25) is 11.1 Å². The molecule has 1 aromatic heterocycles. The van der Waals surface area contributed by atoms with E-state index in [1.807, 2.05) is 4.90 Å². The first kappa shape index (κ1) is 17.4. The van der Waals surface area contributed by atoms with Gasteiger partial charge in [-0.05, 0) is 24.7 Å². The summed E-state index contributed by atoms with van der Waals surface area (Å²) in [5, 5.41) is 6.37. The third kappa shape index (κ3) is 3.62. The first-order valence-electron chi connectivity index (χ1n) is 8.04. The molecule has 0 spiro atoms. The fourth-order valence-corrected chi connectivity index (χ4v) is 4.37. The number of carbonyl (C=O) groups is 1. The highest BCUT2D eigenvalue weighted by Crippen LogP contribution is 2.36. The van der Waals surface area contributed by atoms with Gasteiger partial charge in [0.1, 0.15) is 0 Å². The molecule has 1 aliphatic heterocycles. The smallest absolute Gasteiger partial charge is 0.342 e. The van der Waals surface area contributed by atoms with Gasteiger partial charge < -0.3 is 10.7 Å². The molecular formula is C14H20F3N5OS. The Bertz CT molecular complexity index is 606. The molecule has 10 heteroatoms. The largest absolute Gasteiger partial charge is 0.453 e. The van der Waals surface area contributed by atoms with Gasteiger partial charge >= 0.3 is 6.18 Å². The summed E-state index contributed by atoms with van der Waals surface area (Å²) in [6, 6.07) is 0. The number of aromatic nitrogens is 3. The average Bonchev–Trinajstić information content (AvgIpc) is 2.93. The van der Waals surface area contributed by atoms with Crippen LogP contribution in [-0.4, -0.2) is 44.5 Å². The minimum atomic E-state index is -4.66. The second-order valence-electron chi connectivity index (χ2n) is 6.40. The molecule has 1 aromatic rings. The first-order valence-corrected chi connectivity index (χ1v) is 9.03. The lowest BCUT2D eigenvalue weighted by Gasteiger charge is -2.41. The monoisotopic (exact) mass is 363 g/mol. The highest BCUT2D eigenvalue weighted by atomic mass is 32.2. The number of hydrogen-bond acceptors (Lipinski definition) is 5. The lowest BCUT2D eigenvalue weighted by Crippen LogP contribution is -2.45. The van der Waals surface area contributed by atoms with E-state index in [4.69, 9.17) is 5.84 Å². The molecule has 2 heterocycles. The maximum Gasteiger partial charge on any atom is 0.453 e. The van der Waals surface area contributed by atoms with Crippen LogP contribution in [-0.2, 0) is 11.0 Å². The van der Waals surface area contributed by atoms with Crippen LogP contribution in [0.2, 0.25) is 0 Å². The van der Waals surface area contributed by atoms with E-state index >= 15 is 0 Å². The molecule has 6 nitrogen and oxygen atoms in total. The van der Waals surface area contributed by atoms with Gasteiger partial charge in [0.05, 0.1) is 5.75 Å². The molecule has 1 saturated heterocycles. The first-order chi connectivity index (χ1) is 11.4. The van der Waals surface area contributed by atoms with Crippen molar-refractivity contribution in [3.05, 3.63) is 5.82 Å². The number of piperidine rings is 1. The standard InChI is InChI=1S/C14H20F3N5OS/c15-14(16,17)12-19-20-13(22(12)18)24-8-11(23)21-6-5-9-3-1-2-4-10(9)7-21/h9-10H,1-8,18H2/t9-,10+/m0/s1. The van der Waals surface area contributed by atoms with Crippen LogP contribution in [0.3, 0.4) is 0 Å². The van der Waals surface area contributed by atoms with Gasteiger partial charge in [-0.3, -0.25) is 4.79 Å². The van der Waals surface area contributed by atoms with Crippen molar-refractivity contribution in [1.82, 2.24) is 19.8 Å². The van der Waals surface area contributed by atoms with E-state index in [9.17, 15) is 18.0 Å². The molecule has 134 valence electrons. The van der Waals surface area contributed by atoms with E-state index in [1.54, 1.807) is 0 Å². The Morgan fingerprint density at radius 2 is 1.92 bits per heavy atom. The van der Waals surface area contributed by atoms with E-state index in [1.165, 1.54) is 19.3 Å². The number of hydrogen-bond donors (Lipinski definition) is 1. The summed E-state index contributed by atoms with van der Waals surface area (Å²) in [7, 11) is 0. The van der Waals surface area contributed by atoms with E-state index in [0.29, 0.717) is 10.6 Å². The third-order valence-corrected chi connectivity index (χ3v) is 5.81. The summed E-state index contributed by atoms with van der Waals surface area (Å²) in [5.74, 6) is 5.33. The molecule has 3 rings (SSSR count). The van der Waals surface area contributed by atoms with Crippen molar-refractivity contribution in [2.24, 2.45) is 11.8 Å². The summed E-state index contributed by atoms with van der Waals surface area (Å²) in [6.45, 7) is 1.48. The summed E-state index contributed by atoms with van der Waals surface area (Å²) >= 11 is 0.888. The molecule has 1 saturated carbocycles. The minimum absolute atomic E-state index is 0.0184. The summed E-state index contributed by atoms with van der Waals surface area (Å²) in [5.41, 5.74) is 0. The highest BCUT2D eigenvalue weighted by molar-refractivity contribution is 7.99. The number of likely N-dealkylation sites (tertiary alicyclic amines) is 1. The maximum atomic E-state index is 12.6. The summed E-state index contributed by atoms with van der Waals surface area (Å²) in [6.07, 6.45) is 1.26. The molecule has 1 amide bonds. The molecule has 2 atom stereocenters. The fraction of sp³-hybridized carbons (Fsp3) is 0.786. The number of nitrogen functional groups attached to an aromatic ring is 1. The number of nitrogens with zero attached hydrogens (tertiary/aromatic N) is 4. The number of nitrogens with two attached hydrogens (primary N) is 1. The van der Waals surface area contributed by atoms with Crippen LogP contribution in [0.5, 0.6) is 0 Å². The van der Waals surface area contributed by atoms with Crippen LogP contribution in [0.1, 0.15) is 37.9 Å². The second kappa shape index (κ2) is 6.81. The predicted molar refractivity (Wildman–Crippen MR) is 82.5 cm³/mol. The summed E-state index contributed by atoms with van der Waals surface area (Å²) < 4.78 is 38.3. The van der Waals surface area contributed by atoms with E-state index < -0.39 is 12.0 Å². The van der Waals surface area contributed by atoms with Gasteiger partial charge in [-0.25, -0.2) is 4.68 Å². The zero-order valence-corrected chi connectivity index (χ0v) is 13.9. The van der Waals surface area contributed by atoms with Crippen LogP contribution in [0, 0.1) is 11.8 Å². The van der Waals surface area contributed by atoms with Crippen molar-refractivity contribution >= 4 is 17.7 Å². The molecule has 2 fully saturated rings. The lowest BCUT2D eigenvalue weighted by molar-refractivity contribution is -0.146. The normalized spacial score (nSPS) is 24.7. The molecule has 0 radical (unpaired) electrons. The Hall–Kier alpha value is -1.45. The van der Waals surface area contributed by atoms with E-state index in [0.717, 1.165) is 43.6 Å². The molecule has 24 heavy (non-hydrogen) atoms. The van der Waals surface area contributed by atoms with Crippen molar-refractivity contribution in [3.63, 3.8) is 0 Å². The number of fused-ring (bicyclic) bond motifs is 1.